The number of carbonyl (C=O) groups excluding carboxylic acids is 1. The van der Waals surface area contributed by atoms with Crippen LogP contribution >= 0.6 is 11.6 Å². The highest BCUT2D eigenvalue weighted by Gasteiger charge is 2.17. The van der Waals surface area contributed by atoms with Gasteiger partial charge in [-0.1, -0.05) is 37.1 Å². The van der Waals surface area contributed by atoms with Crippen molar-refractivity contribution < 1.29 is 4.79 Å². The molecule has 2 heterocycles. The molecule has 148 valence electrons. The van der Waals surface area contributed by atoms with Crippen LogP contribution in [0.25, 0.3) is 11.2 Å². The van der Waals surface area contributed by atoms with Crippen LogP contribution in [-0.2, 0) is 13.0 Å². The highest BCUT2D eigenvalue weighted by atomic mass is 35.5. The zero-order chi connectivity index (χ0) is 20.1. The number of carbonyl (C=O) groups is 1. The number of aryl methyl sites for hydroxylation is 2. The van der Waals surface area contributed by atoms with E-state index in [0.717, 1.165) is 52.4 Å². The van der Waals surface area contributed by atoms with Crippen molar-refractivity contribution in [2.24, 2.45) is 0 Å². The number of pyridine rings is 1. The normalized spacial score (nSPS) is 11.0. The van der Waals surface area contributed by atoms with Gasteiger partial charge < -0.3 is 15.2 Å². The second kappa shape index (κ2) is 9.06. The number of nitrogens with one attached hydrogen (secondary N) is 2. The van der Waals surface area contributed by atoms with Crippen molar-refractivity contribution in [2.45, 2.75) is 46.6 Å². The number of hydrogen-bond acceptors (Lipinski definition) is 3. The van der Waals surface area contributed by atoms with Crippen molar-refractivity contribution in [1.82, 2.24) is 19.9 Å². The fraction of sp³-hybridized carbons (Fsp3) is 0.381. The van der Waals surface area contributed by atoms with Gasteiger partial charge in [-0.25, -0.2) is 14.8 Å². The summed E-state index contributed by atoms with van der Waals surface area (Å²) in [6, 6.07) is 7.60. The van der Waals surface area contributed by atoms with Crippen LogP contribution in [0.2, 0.25) is 5.02 Å². The number of halogens is 1. The third-order valence-corrected chi connectivity index (χ3v) is 4.94. The van der Waals surface area contributed by atoms with Crippen LogP contribution in [0.1, 0.15) is 43.6 Å². The molecule has 0 atom stereocenters. The Hall–Kier alpha value is -2.60. The van der Waals surface area contributed by atoms with Gasteiger partial charge in [0, 0.05) is 23.6 Å². The fourth-order valence-corrected chi connectivity index (χ4v) is 3.27. The molecule has 0 aliphatic heterocycles. The number of unbranched alkanes of at least 4 members (excludes halogenated alkanes) is 1. The Morgan fingerprint density at radius 3 is 2.64 bits per heavy atom. The van der Waals surface area contributed by atoms with Gasteiger partial charge in [0.2, 0.25) is 0 Å². The number of hydrogen-bond donors (Lipinski definition) is 2. The molecule has 0 aliphatic carbocycles. The summed E-state index contributed by atoms with van der Waals surface area (Å²) in [5.41, 5.74) is 4.40. The number of fused-ring (bicyclic) bond motifs is 1. The third kappa shape index (κ3) is 4.44. The van der Waals surface area contributed by atoms with Gasteiger partial charge in [0.05, 0.1) is 18.4 Å². The van der Waals surface area contributed by atoms with E-state index in [1.165, 1.54) is 0 Å². The Labute approximate surface area is 170 Å². The Morgan fingerprint density at radius 2 is 1.96 bits per heavy atom. The molecule has 0 saturated carbocycles. The topological polar surface area (TPSA) is 71.8 Å². The molecule has 0 radical (unpaired) electrons. The molecular weight excluding hydrogens is 374 g/mol. The Morgan fingerprint density at radius 1 is 1.21 bits per heavy atom. The van der Waals surface area contributed by atoms with Crippen molar-refractivity contribution in [1.29, 1.82) is 0 Å². The average Bonchev–Trinajstić information content (AvgIpc) is 3.02. The third-order valence-electron chi connectivity index (χ3n) is 4.69. The van der Waals surface area contributed by atoms with Crippen LogP contribution in [0.3, 0.4) is 0 Å². The lowest BCUT2D eigenvalue weighted by Crippen LogP contribution is -2.28. The van der Waals surface area contributed by atoms with Crippen LogP contribution in [0, 0.1) is 6.92 Å². The number of anilines is 1. The minimum atomic E-state index is -0.237. The Kier molecular flexibility index (Phi) is 6.52. The van der Waals surface area contributed by atoms with E-state index in [-0.39, 0.29) is 6.03 Å². The molecule has 1 aromatic carbocycles. The van der Waals surface area contributed by atoms with E-state index in [1.54, 1.807) is 6.20 Å². The lowest BCUT2D eigenvalue weighted by molar-refractivity contribution is 0.252. The molecule has 0 fully saturated rings. The Balaban J connectivity index is 2.01. The van der Waals surface area contributed by atoms with Gasteiger partial charge in [0.1, 0.15) is 11.3 Å². The minimum absolute atomic E-state index is 0.237. The average molecular weight is 400 g/mol. The lowest BCUT2D eigenvalue weighted by atomic mass is 10.2. The van der Waals surface area contributed by atoms with Crippen LogP contribution in [0.4, 0.5) is 10.5 Å². The monoisotopic (exact) mass is 399 g/mol. The van der Waals surface area contributed by atoms with Gasteiger partial charge in [-0.2, -0.15) is 0 Å². The number of imidazole rings is 1. The molecule has 0 saturated heterocycles. The second-order valence-electron chi connectivity index (χ2n) is 6.80. The van der Waals surface area contributed by atoms with Crippen LogP contribution in [0.5, 0.6) is 0 Å². The van der Waals surface area contributed by atoms with Crippen molar-refractivity contribution in [2.75, 3.05) is 11.9 Å². The molecule has 3 aromatic rings. The standard InChI is InChI=1S/C21H26ClN5O/c1-4-6-7-18-26-19-14(3)17(25-21(28)23-5-2)12-24-20(19)27(18)13-15-8-10-16(22)11-9-15/h8-12H,4-7,13H2,1-3H3,(H2,23,25,28). The largest absolute Gasteiger partial charge is 0.338 e. The zero-order valence-corrected chi connectivity index (χ0v) is 17.3. The fourth-order valence-electron chi connectivity index (χ4n) is 3.14. The maximum atomic E-state index is 11.9. The summed E-state index contributed by atoms with van der Waals surface area (Å²) in [6.07, 6.45) is 4.75. The van der Waals surface area contributed by atoms with Crippen molar-refractivity contribution in [3.63, 3.8) is 0 Å². The number of urea groups is 1. The molecule has 0 unspecified atom stereocenters. The minimum Gasteiger partial charge on any atom is -0.338 e. The maximum Gasteiger partial charge on any atom is 0.319 e. The molecule has 6 nitrogen and oxygen atoms in total. The van der Waals surface area contributed by atoms with E-state index in [0.29, 0.717) is 18.8 Å². The maximum absolute atomic E-state index is 11.9. The van der Waals surface area contributed by atoms with Crippen molar-refractivity contribution in [3.05, 3.63) is 52.4 Å². The number of benzene rings is 1. The van der Waals surface area contributed by atoms with Gasteiger partial charge in [-0.3, -0.25) is 0 Å². The molecule has 2 N–H and O–H groups in total. The number of aromatic nitrogens is 3. The molecular formula is C21H26ClN5O. The van der Waals surface area contributed by atoms with Gasteiger partial charge in [0.15, 0.2) is 5.65 Å². The molecule has 3 rings (SSSR count). The van der Waals surface area contributed by atoms with E-state index < -0.39 is 0 Å². The van der Waals surface area contributed by atoms with E-state index in [9.17, 15) is 4.79 Å². The highest BCUT2D eigenvalue weighted by molar-refractivity contribution is 6.30. The molecule has 2 aromatic heterocycles. The summed E-state index contributed by atoms with van der Waals surface area (Å²) in [5.74, 6) is 1.01. The summed E-state index contributed by atoms with van der Waals surface area (Å²) >= 11 is 6.02. The molecule has 2 amide bonds. The zero-order valence-electron chi connectivity index (χ0n) is 16.6. The summed E-state index contributed by atoms with van der Waals surface area (Å²) in [7, 11) is 0. The van der Waals surface area contributed by atoms with Crippen LogP contribution in [-0.4, -0.2) is 27.1 Å². The van der Waals surface area contributed by atoms with Crippen LogP contribution in [0.15, 0.2) is 30.5 Å². The summed E-state index contributed by atoms with van der Waals surface area (Å²) in [5, 5.41) is 6.31. The summed E-state index contributed by atoms with van der Waals surface area (Å²) in [6.45, 7) is 7.27. The summed E-state index contributed by atoms with van der Waals surface area (Å²) < 4.78 is 2.16. The number of nitrogens with zero attached hydrogens (tertiary/aromatic N) is 3. The predicted octanol–water partition coefficient (Wildman–Crippen LogP) is 4.93. The van der Waals surface area contributed by atoms with E-state index in [2.05, 4.69) is 27.1 Å². The number of rotatable bonds is 7. The van der Waals surface area contributed by atoms with Crippen molar-refractivity contribution >= 4 is 34.5 Å². The first-order valence-electron chi connectivity index (χ1n) is 9.67. The Bertz CT molecular complexity index is 965. The van der Waals surface area contributed by atoms with E-state index in [1.807, 2.05) is 38.1 Å². The first-order valence-corrected chi connectivity index (χ1v) is 10.0. The lowest BCUT2D eigenvalue weighted by Gasteiger charge is -2.11. The van der Waals surface area contributed by atoms with Crippen molar-refractivity contribution in [3.8, 4) is 0 Å². The number of amides is 2. The van der Waals surface area contributed by atoms with Gasteiger partial charge >= 0.3 is 6.03 Å². The molecule has 0 bridgehead atoms. The second-order valence-corrected chi connectivity index (χ2v) is 7.23. The molecule has 0 aliphatic rings. The van der Waals surface area contributed by atoms with Crippen LogP contribution < -0.4 is 10.6 Å². The molecule has 7 heteroatoms. The SMILES string of the molecule is CCCCc1nc2c(C)c(NC(=O)NCC)cnc2n1Cc1ccc(Cl)cc1. The first kappa shape index (κ1) is 20.1. The smallest absolute Gasteiger partial charge is 0.319 e. The first-order chi connectivity index (χ1) is 13.5. The highest BCUT2D eigenvalue weighted by Crippen LogP contribution is 2.26. The quantitative estimate of drug-likeness (QED) is 0.591. The van der Waals surface area contributed by atoms with E-state index >= 15 is 0 Å². The van der Waals surface area contributed by atoms with Gasteiger partial charge in [-0.15, -0.1) is 0 Å². The molecule has 0 spiro atoms. The van der Waals surface area contributed by atoms with Gasteiger partial charge in [-0.05, 0) is 38.0 Å². The predicted molar refractivity (Wildman–Crippen MR) is 114 cm³/mol. The summed E-state index contributed by atoms with van der Waals surface area (Å²) in [4.78, 5) is 21.4. The van der Waals surface area contributed by atoms with E-state index in [4.69, 9.17) is 16.6 Å². The van der Waals surface area contributed by atoms with Gasteiger partial charge in [0.25, 0.3) is 0 Å². The molecule has 28 heavy (non-hydrogen) atoms.